The summed E-state index contributed by atoms with van der Waals surface area (Å²) in [6.07, 6.45) is 4.60. The number of benzene rings is 1. The second-order valence-electron chi connectivity index (χ2n) is 7.28. The van der Waals surface area contributed by atoms with E-state index in [2.05, 4.69) is 15.2 Å². The standard InChI is InChI=1S/C19H24N4O2/c1-12(24)11-16-3-2-10-23(16)19(25)15-8-6-14(7-9-15)18-20-17(21-22-18)13-4-5-13/h6-9,12-13,16,24H,2-5,10-11H2,1H3,(H,20,21,22). The third-order valence-electron chi connectivity index (χ3n) is 5.11. The maximum absolute atomic E-state index is 12.8. The van der Waals surface area contributed by atoms with Gasteiger partial charge in [0, 0.05) is 29.6 Å². The highest BCUT2D eigenvalue weighted by Crippen LogP contribution is 2.38. The molecule has 2 unspecified atom stereocenters. The number of carbonyl (C=O) groups excluding carboxylic acids is 1. The number of rotatable bonds is 5. The van der Waals surface area contributed by atoms with Gasteiger partial charge in [-0.1, -0.05) is 12.1 Å². The van der Waals surface area contributed by atoms with Crippen molar-refractivity contribution in [2.24, 2.45) is 0 Å². The zero-order valence-electron chi connectivity index (χ0n) is 14.5. The van der Waals surface area contributed by atoms with Crippen molar-refractivity contribution in [2.75, 3.05) is 6.54 Å². The Bertz CT molecular complexity index is 749. The largest absolute Gasteiger partial charge is 0.393 e. The van der Waals surface area contributed by atoms with Crippen LogP contribution in [-0.4, -0.2) is 49.8 Å². The number of nitrogens with one attached hydrogen (secondary N) is 1. The molecule has 1 aliphatic carbocycles. The third-order valence-corrected chi connectivity index (χ3v) is 5.11. The average molecular weight is 340 g/mol. The minimum absolute atomic E-state index is 0.0448. The first-order valence-corrected chi connectivity index (χ1v) is 9.13. The number of amides is 1. The fourth-order valence-corrected chi connectivity index (χ4v) is 3.61. The lowest BCUT2D eigenvalue weighted by molar-refractivity contribution is 0.0682. The molecule has 2 heterocycles. The molecule has 1 aliphatic heterocycles. The van der Waals surface area contributed by atoms with Crippen molar-refractivity contribution in [1.29, 1.82) is 0 Å². The Morgan fingerprint density at radius 2 is 2.08 bits per heavy atom. The van der Waals surface area contributed by atoms with E-state index >= 15 is 0 Å². The molecule has 2 aliphatic rings. The topological polar surface area (TPSA) is 82.1 Å². The van der Waals surface area contributed by atoms with E-state index in [4.69, 9.17) is 0 Å². The van der Waals surface area contributed by atoms with E-state index in [-0.39, 0.29) is 18.1 Å². The lowest BCUT2D eigenvalue weighted by atomic mass is 10.1. The van der Waals surface area contributed by atoms with E-state index in [0.29, 0.717) is 23.7 Å². The lowest BCUT2D eigenvalue weighted by Crippen LogP contribution is -2.37. The fourth-order valence-electron chi connectivity index (χ4n) is 3.61. The average Bonchev–Trinajstić information content (AvgIpc) is 3.16. The molecule has 4 rings (SSSR count). The summed E-state index contributed by atoms with van der Waals surface area (Å²) < 4.78 is 0. The number of aliphatic hydroxyl groups excluding tert-OH is 1. The zero-order chi connectivity index (χ0) is 17.4. The van der Waals surface area contributed by atoms with Crippen molar-refractivity contribution in [2.45, 2.75) is 57.1 Å². The van der Waals surface area contributed by atoms with Crippen molar-refractivity contribution < 1.29 is 9.90 Å². The first-order chi connectivity index (χ1) is 12.1. The summed E-state index contributed by atoms with van der Waals surface area (Å²) in [7, 11) is 0. The van der Waals surface area contributed by atoms with Gasteiger partial charge in [-0.3, -0.25) is 9.89 Å². The Kier molecular flexibility index (Phi) is 4.29. The summed E-state index contributed by atoms with van der Waals surface area (Å²) in [6, 6.07) is 7.66. The Labute approximate surface area is 147 Å². The third kappa shape index (κ3) is 3.44. The Balaban J connectivity index is 1.48. The molecule has 0 bridgehead atoms. The van der Waals surface area contributed by atoms with E-state index in [1.807, 2.05) is 29.2 Å². The number of H-pyrrole nitrogens is 1. The highest BCUT2D eigenvalue weighted by molar-refractivity contribution is 5.95. The minimum Gasteiger partial charge on any atom is -0.393 e. The lowest BCUT2D eigenvalue weighted by Gasteiger charge is -2.25. The molecule has 1 aromatic carbocycles. The molecule has 1 aromatic heterocycles. The van der Waals surface area contributed by atoms with E-state index in [0.717, 1.165) is 30.8 Å². The van der Waals surface area contributed by atoms with Crippen LogP contribution >= 0.6 is 0 Å². The quantitative estimate of drug-likeness (QED) is 0.877. The van der Waals surface area contributed by atoms with Crippen LogP contribution in [0.15, 0.2) is 24.3 Å². The molecule has 1 saturated heterocycles. The van der Waals surface area contributed by atoms with Crippen LogP contribution in [0.5, 0.6) is 0 Å². The molecular formula is C19H24N4O2. The van der Waals surface area contributed by atoms with Crippen LogP contribution < -0.4 is 0 Å². The van der Waals surface area contributed by atoms with E-state index in [1.54, 1.807) is 6.92 Å². The highest BCUT2D eigenvalue weighted by Gasteiger charge is 2.30. The van der Waals surface area contributed by atoms with Crippen molar-refractivity contribution in [1.82, 2.24) is 20.1 Å². The fraction of sp³-hybridized carbons (Fsp3) is 0.526. The van der Waals surface area contributed by atoms with Crippen molar-refractivity contribution in [3.63, 3.8) is 0 Å². The molecule has 0 spiro atoms. The number of aromatic amines is 1. The summed E-state index contributed by atoms with van der Waals surface area (Å²) in [5.74, 6) is 2.24. The smallest absolute Gasteiger partial charge is 0.254 e. The number of carbonyl (C=O) groups is 1. The predicted octanol–water partition coefficient (Wildman–Crippen LogP) is 2.72. The maximum atomic E-state index is 12.8. The molecule has 2 N–H and O–H groups in total. The molecule has 6 heteroatoms. The predicted molar refractivity (Wildman–Crippen MR) is 94.2 cm³/mol. The molecule has 2 atom stereocenters. The second kappa shape index (κ2) is 6.59. The van der Waals surface area contributed by atoms with E-state index in [1.165, 1.54) is 12.8 Å². The monoisotopic (exact) mass is 340 g/mol. The SMILES string of the molecule is CC(O)CC1CCCN1C(=O)c1ccc(-c2n[nH]c(C3CC3)n2)cc1. The summed E-state index contributed by atoms with van der Waals surface area (Å²) in [5.41, 5.74) is 1.60. The van der Waals surface area contributed by atoms with Crippen LogP contribution in [0, 0.1) is 0 Å². The van der Waals surface area contributed by atoms with Gasteiger partial charge in [-0.05, 0) is 51.2 Å². The number of nitrogens with zero attached hydrogens (tertiary/aromatic N) is 3. The molecule has 0 radical (unpaired) electrons. The molecule has 2 fully saturated rings. The van der Waals surface area contributed by atoms with Gasteiger partial charge in [0.2, 0.25) is 0 Å². The number of hydrogen-bond donors (Lipinski definition) is 2. The molecule has 6 nitrogen and oxygen atoms in total. The van der Waals surface area contributed by atoms with Crippen LogP contribution in [0.25, 0.3) is 11.4 Å². The van der Waals surface area contributed by atoms with Crippen LogP contribution in [0.2, 0.25) is 0 Å². The summed E-state index contributed by atoms with van der Waals surface area (Å²) in [6.45, 7) is 2.55. The van der Waals surface area contributed by atoms with Gasteiger partial charge in [0.1, 0.15) is 5.82 Å². The van der Waals surface area contributed by atoms with Crippen LogP contribution in [0.3, 0.4) is 0 Å². The van der Waals surface area contributed by atoms with E-state index in [9.17, 15) is 9.90 Å². The number of likely N-dealkylation sites (tertiary alicyclic amines) is 1. The maximum Gasteiger partial charge on any atom is 0.254 e. The van der Waals surface area contributed by atoms with Crippen LogP contribution in [0.1, 0.15) is 61.1 Å². The van der Waals surface area contributed by atoms with Gasteiger partial charge < -0.3 is 10.0 Å². The Hall–Kier alpha value is -2.21. The van der Waals surface area contributed by atoms with Gasteiger partial charge in [0.15, 0.2) is 5.82 Å². The van der Waals surface area contributed by atoms with Gasteiger partial charge in [-0.25, -0.2) is 4.98 Å². The van der Waals surface area contributed by atoms with Crippen molar-refractivity contribution in [3.05, 3.63) is 35.7 Å². The molecule has 25 heavy (non-hydrogen) atoms. The molecule has 1 saturated carbocycles. The minimum atomic E-state index is -0.382. The molecule has 2 aromatic rings. The van der Waals surface area contributed by atoms with Gasteiger partial charge in [-0.2, -0.15) is 5.10 Å². The van der Waals surface area contributed by atoms with Crippen LogP contribution in [0.4, 0.5) is 0 Å². The summed E-state index contributed by atoms with van der Waals surface area (Å²) >= 11 is 0. The van der Waals surface area contributed by atoms with Gasteiger partial charge in [-0.15, -0.1) is 0 Å². The highest BCUT2D eigenvalue weighted by atomic mass is 16.3. The van der Waals surface area contributed by atoms with Crippen molar-refractivity contribution in [3.8, 4) is 11.4 Å². The van der Waals surface area contributed by atoms with Gasteiger partial charge in [0.05, 0.1) is 6.10 Å². The Morgan fingerprint density at radius 3 is 2.76 bits per heavy atom. The number of aliphatic hydroxyl groups is 1. The summed E-state index contributed by atoms with van der Waals surface area (Å²) in [5, 5.41) is 16.9. The molecule has 132 valence electrons. The first kappa shape index (κ1) is 16.3. The van der Waals surface area contributed by atoms with Crippen LogP contribution in [-0.2, 0) is 0 Å². The van der Waals surface area contributed by atoms with Crippen molar-refractivity contribution >= 4 is 5.91 Å². The van der Waals surface area contributed by atoms with Gasteiger partial charge >= 0.3 is 0 Å². The molecule has 1 amide bonds. The van der Waals surface area contributed by atoms with Gasteiger partial charge in [0.25, 0.3) is 5.91 Å². The normalized spacial score (nSPS) is 21.5. The van der Waals surface area contributed by atoms with E-state index < -0.39 is 0 Å². The zero-order valence-corrected chi connectivity index (χ0v) is 14.5. The number of hydrogen-bond acceptors (Lipinski definition) is 4. The first-order valence-electron chi connectivity index (χ1n) is 9.13. The molecular weight excluding hydrogens is 316 g/mol. The number of aromatic nitrogens is 3. The Morgan fingerprint density at radius 1 is 1.32 bits per heavy atom. The summed E-state index contributed by atoms with van der Waals surface area (Å²) in [4.78, 5) is 19.2. The second-order valence-corrected chi connectivity index (χ2v) is 7.28.